The molecule has 0 radical (unpaired) electrons. The van der Waals surface area contributed by atoms with Crippen molar-refractivity contribution in [2.45, 2.75) is 25.7 Å². The molecule has 0 bridgehead atoms. The number of piperidine rings is 1. The van der Waals surface area contributed by atoms with Gasteiger partial charge in [0, 0.05) is 30.6 Å². The fourth-order valence-electron chi connectivity index (χ4n) is 2.09. The highest BCUT2D eigenvalue weighted by Gasteiger charge is 2.29. The number of hydrogen-bond acceptors (Lipinski definition) is 5. The van der Waals surface area contributed by atoms with E-state index in [-0.39, 0.29) is 6.61 Å². The number of hydrogen-bond donors (Lipinski definition) is 0. The summed E-state index contributed by atoms with van der Waals surface area (Å²) in [6.07, 6.45) is 3.52. The molecular formula is C12H16N2O3S. The first kappa shape index (κ1) is 13.0. The average molecular weight is 268 g/mol. The van der Waals surface area contributed by atoms with Gasteiger partial charge in [0.25, 0.3) is 0 Å². The molecule has 0 spiro atoms. The Morgan fingerprint density at radius 2 is 2.22 bits per heavy atom. The normalized spacial score (nSPS) is 16.6. The Labute approximate surface area is 110 Å². The zero-order chi connectivity index (χ0) is 13.0. The molecule has 18 heavy (non-hydrogen) atoms. The molecule has 0 aliphatic carbocycles. The number of carbonyl (C=O) groups is 2. The van der Waals surface area contributed by atoms with E-state index in [1.54, 1.807) is 29.4 Å². The summed E-state index contributed by atoms with van der Waals surface area (Å²) in [6.45, 7) is 3.13. The average Bonchev–Trinajstić information content (AvgIpc) is 2.92. The number of thiazole rings is 1. The zero-order valence-electron chi connectivity index (χ0n) is 10.3. The zero-order valence-corrected chi connectivity index (χ0v) is 11.1. The van der Waals surface area contributed by atoms with E-state index in [4.69, 9.17) is 4.74 Å². The Hall–Kier alpha value is -1.43. The molecular weight excluding hydrogens is 252 g/mol. The van der Waals surface area contributed by atoms with Crippen LogP contribution in [0.2, 0.25) is 0 Å². The molecule has 0 aromatic carbocycles. The molecule has 2 rings (SSSR count). The summed E-state index contributed by atoms with van der Waals surface area (Å²) in [5.74, 6) is -0.851. The number of ether oxygens (including phenoxy) is 1. The molecule has 0 saturated carbocycles. The van der Waals surface area contributed by atoms with E-state index >= 15 is 0 Å². The van der Waals surface area contributed by atoms with Crippen molar-refractivity contribution in [3.05, 3.63) is 16.6 Å². The maximum atomic E-state index is 11.7. The molecule has 2 heterocycles. The number of amides is 1. The van der Waals surface area contributed by atoms with E-state index < -0.39 is 11.9 Å². The molecule has 98 valence electrons. The van der Waals surface area contributed by atoms with Crippen LogP contribution in [0.25, 0.3) is 0 Å². The van der Waals surface area contributed by atoms with Crippen LogP contribution in [-0.4, -0.2) is 41.5 Å². The van der Waals surface area contributed by atoms with Crippen LogP contribution in [0.3, 0.4) is 0 Å². The van der Waals surface area contributed by atoms with E-state index in [1.165, 1.54) is 0 Å². The van der Waals surface area contributed by atoms with E-state index in [9.17, 15) is 9.59 Å². The third-order valence-corrected chi connectivity index (χ3v) is 3.97. The van der Waals surface area contributed by atoms with Gasteiger partial charge in [0.15, 0.2) is 0 Å². The van der Waals surface area contributed by atoms with Crippen molar-refractivity contribution < 1.29 is 14.3 Å². The first-order valence-electron chi connectivity index (χ1n) is 6.07. The lowest BCUT2D eigenvalue weighted by atomic mass is 9.97. The van der Waals surface area contributed by atoms with Crippen molar-refractivity contribution >= 4 is 23.2 Å². The quantitative estimate of drug-likeness (QED) is 0.601. The number of nitrogens with zero attached hydrogens (tertiary/aromatic N) is 2. The van der Waals surface area contributed by atoms with Crippen LogP contribution >= 0.6 is 11.3 Å². The fraction of sp³-hybridized carbons (Fsp3) is 0.583. The molecule has 1 saturated heterocycles. The molecule has 6 heteroatoms. The minimum atomic E-state index is -0.745. The van der Waals surface area contributed by atoms with Gasteiger partial charge in [-0.05, 0) is 19.8 Å². The number of aromatic nitrogens is 1. The van der Waals surface area contributed by atoms with Crippen molar-refractivity contribution in [1.82, 2.24) is 9.88 Å². The molecule has 1 aromatic heterocycles. The first-order valence-corrected chi connectivity index (χ1v) is 6.95. The van der Waals surface area contributed by atoms with E-state index in [0.717, 1.165) is 17.8 Å². The molecule has 1 fully saturated rings. The number of esters is 1. The Morgan fingerprint density at radius 3 is 2.78 bits per heavy atom. The number of likely N-dealkylation sites (tertiary alicyclic amines) is 1. The van der Waals surface area contributed by atoms with E-state index in [2.05, 4.69) is 4.98 Å². The lowest BCUT2D eigenvalue weighted by Crippen LogP contribution is -2.42. The van der Waals surface area contributed by atoms with Crippen molar-refractivity contribution in [2.24, 2.45) is 0 Å². The molecule has 0 atom stereocenters. The highest BCUT2D eigenvalue weighted by molar-refractivity contribution is 7.09. The van der Waals surface area contributed by atoms with Crippen molar-refractivity contribution in [3.63, 3.8) is 0 Å². The third-order valence-electron chi connectivity index (χ3n) is 3.03. The van der Waals surface area contributed by atoms with Gasteiger partial charge in [0.2, 0.25) is 0 Å². The van der Waals surface area contributed by atoms with Crippen LogP contribution in [0, 0.1) is 0 Å². The number of rotatable bonds is 2. The molecule has 1 amide bonds. The van der Waals surface area contributed by atoms with E-state index in [1.807, 2.05) is 5.38 Å². The maximum absolute atomic E-state index is 11.7. The molecule has 1 aliphatic heterocycles. The Morgan fingerprint density at radius 1 is 1.50 bits per heavy atom. The van der Waals surface area contributed by atoms with Crippen LogP contribution in [-0.2, 0) is 14.3 Å². The minimum Gasteiger partial charge on any atom is -0.459 e. The highest BCUT2D eigenvalue weighted by atomic mass is 32.1. The Bertz CT molecular complexity index is 411. The summed E-state index contributed by atoms with van der Waals surface area (Å²) in [5, 5.41) is 3.09. The third kappa shape index (κ3) is 2.87. The van der Waals surface area contributed by atoms with Crippen LogP contribution < -0.4 is 0 Å². The molecule has 1 aliphatic rings. The lowest BCUT2D eigenvalue weighted by Gasteiger charge is -2.30. The largest absolute Gasteiger partial charge is 0.459 e. The summed E-state index contributed by atoms with van der Waals surface area (Å²) in [7, 11) is 0. The summed E-state index contributed by atoms with van der Waals surface area (Å²) < 4.78 is 4.72. The lowest BCUT2D eigenvalue weighted by molar-refractivity contribution is -0.160. The predicted molar refractivity (Wildman–Crippen MR) is 67.3 cm³/mol. The van der Waals surface area contributed by atoms with Crippen LogP contribution in [0.15, 0.2) is 11.6 Å². The van der Waals surface area contributed by atoms with Gasteiger partial charge in [-0.2, -0.15) is 0 Å². The topological polar surface area (TPSA) is 59.5 Å². The highest BCUT2D eigenvalue weighted by Crippen LogP contribution is 2.29. The maximum Gasteiger partial charge on any atom is 0.397 e. The van der Waals surface area contributed by atoms with Gasteiger partial charge in [0.1, 0.15) is 0 Å². The van der Waals surface area contributed by atoms with Crippen LogP contribution in [0.4, 0.5) is 0 Å². The molecule has 0 unspecified atom stereocenters. The Balaban J connectivity index is 1.87. The van der Waals surface area contributed by atoms with Gasteiger partial charge in [-0.3, -0.25) is 4.79 Å². The summed E-state index contributed by atoms with van der Waals surface area (Å²) in [5.41, 5.74) is 0. The standard InChI is InChI=1S/C12H16N2O3S/c1-2-17-12(16)11(15)14-6-3-9(4-7-14)10-13-5-8-18-10/h5,8-9H,2-4,6-7H2,1H3. The van der Waals surface area contributed by atoms with Gasteiger partial charge in [-0.15, -0.1) is 11.3 Å². The van der Waals surface area contributed by atoms with E-state index in [0.29, 0.717) is 19.0 Å². The molecule has 5 nitrogen and oxygen atoms in total. The van der Waals surface area contributed by atoms with Gasteiger partial charge in [-0.25, -0.2) is 9.78 Å². The second-order valence-corrected chi connectivity index (χ2v) is 5.08. The van der Waals surface area contributed by atoms with Gasteiger partial charge >= 0.3 is 11.9 Å². The van der Waals surface area contributed by atoms with Gasteiger partial charge < -0.3 is 9.64 Å². The fourth-order valence-corrected chi connectivity index (χ4v) is 2.90. The summed E-state index contributed by atoms with van der Waals surface area (Å²) in [6, 6.07) is 0. The summed E-state index contributed by atoms with van der Waals surface area (Å²) in [4.78, 5) is 28.9. The molecule has 0 N–H and O–H groups in total. The Kier molecular flexibility index (Phi) is 4.30. The van der Waals surface area contributed by atoms with Crippen LogP contribution in [0.5, 0.6) is 0 Å². The number of carbonyl (C=O) groups excluding carboxylic acids is 2. The monoisotopic (exact) mass is 268 g/mol. The second-order valence-electron chi connectivity index (χ2n) is 4.16. The van der Waals surface area contributed by atoms with Gasteiger partial charge in [-0.1, -0.05) is 0 Å². The van der Waals surface area contributed by atoms with Crippen molar-refractivity contribution in [2.75, 3.05) is 19.7 Å². The SMILES string of the molecule is CCOC(=O)C(=O)N1CCC(c2nccs2)CC1. The van der Waals surface area contributed by atoms with Gasteiger partial charge in [0.05, 0.1) is 11.6 Å². The minimum absolute atomic E-state index is 0.236. The van der Waals surface area contributed by atoms with Crippen molar-refractivity contribution in [1.29, 1.82) is 0 Å². The predicted octanol–water partition coefficient (Wildman–Crippen LogP) is 1.41. The van der Waals surface area contributed by atoms with Crippen LogP contribution in [0.1, 0.15) is 30.7 Å². The second kappa shape index (κ2) is 5.95. The smallest absolute Gasteiger partial charge is 0.397 e. The first-order chi connectivity index (χ1) is 8.72. The molecule has 1 aromatic rings. The van der Waals surface area contributed by atoms with Crippen molar-refractivity contribution in [3.8, 4) is 0 Å². The summed E-state index contributed by atoms with van der Waals surface area (Å²) >= 11 is 1.65.